The lowest BCUT2D eigenvalue weighted by molar-refractivity contribution is -0.168. The minimum atomic E-state index is -1.59. The van der Waals surface area contributed by atoms with Crippen LogP contribution >= 0.6 is 23.4 Å². The van der Waals surface area contributed by atoms with Gasteiger partial charge in [-0.2, -0.15) is 0 Å². The summed E-state index contributed by atoms with van der Waals surface area (Å²) in [6.45, 7) is 4.77. The molecule has 6 nitrogen and oxygen atoms in total. The lowest BCUT2D eigenvalue weighted by Gasteiger charge is -2.26. The maximum atomic E-state index is 12.4. The molecule has 3 rings (SSSR count). The number of carbonyl (C=O) groups is 2. The molecule has 3 aromatic carbocycles. The number of aliphatic carboxylic acids is 1. The molecule has 1 atom stereocenters. The van der Waals surface area contributed by atoms with Crippen LogP contribution < -0.4 is 9.47 Å². The van der Waals surface area contributed by atoms with Crippen LogP contribution in [0.4, 0.5) is 0 Å². The molecular weight excluding hydrogens is 524 g/mol. The van der Waals surface area contributed by atoms with E-state index in [1.54, 1.807) is 0 Å². The molecule has 0 aliphatic carbocycles. The number of methoxy groups -OCH3 is 1. The molecule has 202 valence electrons. The molecule has 8 heteroatoms. The van der Waals surface area contributed by atoms with E-state index in [0.717, 1.165) is 32.4 Å². The molecule has 0 aliphatic heterocycles. The van der Waals surface area contributed by atoms with Gasteiger partial charge in [-0.3, -0.25) is 9.59 Å². The number of carboxylic acids is 1. The average molecular weight is 557 g/mol. The van der Waals surface area contributed by atoms with Crippen molar-refractivity contribution in [2.45, 2.75) is 55.9 Å². The van der Waals surface area contributed by atoms with Crippen LogP contribution in [0, 0.1) is 5.41 Å². The molecule has 0 spiro atoms. The highest BCUT2D eigenvalue weighted by atomic mass is 35.5. The Labute approximate surface area is 233 Å². The number of halogens is 1. The third kappa shape index (κ3) is 7.45. The predicted octanol–water partition coefficient (Wildman–Crippen LogP) is 7.45. The van der Waals surface area contributed by atoms with Gasteiger partial charge in [0.15, 0.2) is 5.41 Å². The van der Waals surface area contributed by atoms with Crippen molar-refractivity contribution in [2.75, 3.05) is 13.7 Å². The SMILES string of the molecule is CCC[C@](CCc1ccc(Sc2cc(OCC)ccc2OCc2ccccc2)cc1Cl)(C(=O)O)C(=O)OC. The summed E-state index contributed by atoms with van der Waals surface area (Å²) in [7, 11) is 1.22. The van der Waals surface area contributed by atoms with E-state index in [-0.39, 0.29) is 12.8 Å². The molecule has 0 heterocycles. The summed E-state index contributed by atoms with van der Waals surface area (Å²) in [6.07, 6.45) is 1.17. The Kier molecular flexibility index (Phi) is 10.9. The first kappa shape index (κ1) is 29.4. The molecule has 0 saturated carbocycles. The van der Waals surface area contributed by atoms with Crippen molar-refractivity contribution < 1.29 is 28.9 Å². The summed E-state index contributed by atoms with van der Waals surface area (Å²) in [6, 6.07) is 21.3. The standard InChI is InChI=1S/C30H33ClO6S/c1-4-16-30(28(32)33,29(34)35-3)17-15-22-11-13-24(19-25(22)31)38-27-18-23(36-5-2)12-14-26(27)37-20-21-9-7-6-8-10-21/h6-14,18-19H,4-5,15-17,20H2,1-3H3,(H,32,33)/t30-/m0/s1. The van der Waals surface area contributed by atoms with Crippen molar-refractivity contribution in [3.63, 3.8) is 0 Å². The molecule has 0 aromatic heterocycles. The van der Waals surface area contributed by atoms with Gasteiger partial charge in [0.2, 0.25) is 0 Å². The van der Waals surface area contributed by atoms with Crippen LogP contribution in [-0.2, 0) is 27.4 Å². The second-order valence-corrected chi connectivity index (χ2v) is 10.3. The van der Waals surface area contributed by atoms with Gasteiger partial charge in [-0.1, -0.05) is 73.1 Å². The van der Waals surface area contributed by atoms with E-state index in [1.807, 2.05) is 80.6 Å². The third-order valence-electron chi connectivity index (χ3n) is 6.20. The second kappa shape index (κ2) is 14.1. The fourth-order valence-corrected chi connectivity index (χ4v) is 5.51. The number of hydrogen-bond acceptors (Lipinski definition) is 6. The molecule has 0 aliphatic rings. The average Bonchev–Trinajstić information content (AvgIpc) is 2.91. The van der Waals surface area contributed by atoms with E-state index in [2.05, 4.69) is 0 Å². The Balaban J connectivity index is 1.79. The Hall–Kier alpha value is -3.16. The van der Waals surface area contributed by atoms with Crippen LogP contribution in [-0.4, -0.2) is 30.8 Å². The van der Waals surface area contributed by atoms with E-state index in [9.17, 15) is 14.7 Å². The summed E-state index contributed by atoms with van der Waals surface area (Å²) in [5, 5.41) is 10.4. The van der Waals surface area contributed by atoms with Crippen molar-refractivity contribution in [1.82, 2.24) is 0 Å². The first-order chi connectivity index (χ1) is 18.3. The topological polar surface area (TPSA) is 82.1 Å². The minimum absolute atomic E-state index is 0.100. The van der Waals surface area contributed by atoms with Crippen LogP contribution in [0.2, 0.25) is 5.02 Å². The summed E-state index contributed by atoms with van der Waals surface area (Å²) >= 11 is 8.12. The largest absolute Gasteiger partial charge is 0.494 e. The highest BCUT2D eigenvalue weighted by Crippen LogP contribution is 2.40. The molecule has 0 amide bonds. The van der Waals surface area contributed by atoms with E-state index in [1.165, 1.54) is 18.9 Å². The lowest BCUT2D eigenvalue weighted by atomic mass is 9.78. The van der Waals surface area contributed by atoms with Crippen molar-refractivity contribution in [3.05, 3.63) is 82.9 Å². The van der Waals surface area contributed by atoms with Crippen molar-refractivity contribution >= 4 is 35.3 Å². The lowest BCUT2D eigenvalue weighted by Crippen LogP contribution is -2.40. The molecular formula is C30H33ClO6S. The molecule has 0 fully saturated rings. The highest BCUT2D eigenvalue weighted by Gasteiger charge is 2.46. The van der Waals surface area contributed by atoms with Gasteiger partial charge in [0.1, 0.15) is 18.1 Å². The molecule has 0 unspecified atom stereocenters. The smallest absolute Gasteiger partial charge is 0.323 e. The summed E-state index contributed by atoms with van der Waals surface area (Å²) in [5.41, 5.74) is 0.243. The number of aryl methyl sites for hydroxylation is 1. The zero-order valence-electron chi connectivity index (χ0n) is 21.9. The molecule has 0 saturated heterocycles. The van der Waals surface area contributed by atoms with E-state index < -0.39 is 17.4 Å². The number of hydrogen-bond donors (Lipinski definition) is 1. The second-order valence-electron chi connectivity index (χ2n) is 8.80. The Morgan fingerprint density at radius 2 is 1.74 bits per heavy atom. The third-order valence-corrected chi connectivity index (χ3v) is 7.58. The fraction of sp³-hybridized carbons (Fsp3) is 0.333. The molecule has 1 N–H and O–H groups in total. The number of benzene rings is 3. The van der Waals surface area contributed by atoms with Crippen LogP contribution in [0.5, 0.6) is 11.5 Å². The number of ether oxygens (including phenoxy) is 3. The maximum absolute atomic E-state index is 12.4. The van der Waals surface area contributed by atoms with Crippen LogP contribution in [0.3, 0.4) is 0 Å². The van der Waals surface area contributed by atoms with Gasteiger partial charge in [-0.25, -0.2) is 0 Å². The van der Waals surface area contributed by atoms with Crippen molar-refractivity contribution in [1.29, 1.82) is 0 Å². The monoisotopic (exact) mass is 556 g/mol. The van der Waals surface area contributed by atoms with E-state index in [0.29, 0.717) is 31.1 Å². The minimum Gasteiger partial charge on any atom is -0.494 e. The van der Waals surface area contributed by atoms with Crippen LogP contribution in [0.25, 0.3) is 0 Å². The first-order valence-electron chi connectivity index (χ1n) is 12.5. The van der Waals surface area contributed by atoms with Gasteiger partial charge in [0.25, 0.3) is 0 Å². The Morgan fingerprint density at radius 3 is 2.37 bits per heavy atom. The van der Waals surface area contributed by atoms with Gasteiger partial charge in [-0.05, 0) is 67.6 Å². The quantitative estimate of drug-likeness (QED) is 0.163. The normalized spacial score (nSPS) is 12.4. The molecule has 38 heavy (non-hydrogen) atoms. The first-order valence-corrected chi connectivity index (χ1v) is 13.7. The van der Waals surface area contributed by atoms with Gasteiger partial charge < -0.3 is 19.3 Å². The fourth-order valence-electron chi connectivity index (χ4n) is 4.20. The van der Waals surface area contributed by atoms with Crippen LogP contribution in [0.15, 0.2) is 76.5 Å². The highest BCUT2D eigenvalue weighted by molar-refractivity contribution is 7.99. The van der Waals surface area contributed by atoms with Gasteiger partial charge in [0, 0.05) is 9.92 Å². The van der Waals surface area contributed by atoms with Gasteiger partial charge >= 0.3 is 11.9 Å². The van der Waals surface area contributed by atoms with Gasteiger partial charge in [-0.15, -0.1) is 0 Å². The zero-order valence-corrected chi connectivity index (χ0v) is 23.4. The summed E-state index contributed by atoms with van der Waals surface area (Å²) in [4.78, 5) is 26.3. The number of carboxylic acid groups (broad SMARTS) is 1. The molecule has 3 aromatic rings. The maximum Gasteiger partial charge on any atom is 0.323 e. The van der Waals surface area contributed by atoms with E-state index in [4.69, 9.17) is 25.8 Å². The zero-order chi connectivity index (χ0) is 27.5. The summed E-state index contributed by atoms with van der Waals surface area (Å²) < 4.78 is 16.7. The number of carbonyl (C=O) groups excluding carboxylic acids is 1. The predicted molar refractivity (Wildman–Crippen MR) is 149 cm³/mol. The molecule has 0 radical (unpaired) electrons. The number of esters is 1. The van der Waals surface area contributed by atoms with Gasteiger partial charge in [0.05, 0.1) is 18.6 Å². The van der Waals surface area contributed by atoms with Crippen LogP contribution in [0.1, 0.15) is 44.2 Å². The van der Waals surface area contributed by atoms with Crippen molar-refractivity contribution in [3.8, 4) is 11.5 Å². The Morgan fingerprint density at radius 1 is 0.974 bits per heavy atom. The van der Waals surface area contributed by atoms with E-state index >= 15 is 0 Å². The summed E-state index contributed by atoms with van der Waals surface area (Å²) in [5.74, 6) is -0.431. The van der Waals surface area contributed by atoms with Crippen molar-refractivity contribution in [2.24, 2.45) is 5.41 Å². The molecule has 0 bridgehead atoms. The number of rotatable bonds is 14. The Bertz CT molecular complexity index is 1230.